The van der Waals surface area contributed by atoms with Crippen LogP contribution in [-0.2, 0) is 16.0 Å². The van der Waals surface area contributed by atoms with Crippen molar-refractivity contribution in [3.05, 3.63) is 28.8 Å². The molecule has 5 heteroatoms. The number of benzene rings is 1. The third-order valence-corrected chi connectivity index (χ3v) is 4.82. The summed E-state index contributed by atoms with van der Waals surface area (Å²) in [5, 5.41) is 0. The van der Waals surface area contributed by atoms with Crippen LogP contribution in [0.3, 0.4) is 0 Å². The molecule has 5 nitrogen and oxygen atoms in total. The molecule has 1 aromatic rings. The van der Waals surface area contributed by atoms with Gasteiger partial charge in [-0.05, 0) is 25.8 Å². The summed E-state index contributed by atoms with van der Waals surface area (Å²) >= 11 is 0. The van der Waals surface area contributed by atoms with Crippen LogP contribution in [0.1, 0.15) is 43.9 Å². The molecule has 26 heavy (non-hydrogen) atoms. The van der Waals surface area contributed by atoms with Gasteiger partial charge in [0.05, 0.1) is 13.5 Å². The third kappa shape index (κ3) is 4.77. The number of carbonyl (C=O) groups excluding carboxylic acids is 2. The number of hydrogen-bond acceptors (Lipinski definition) is 3. The zero-order chi connectivity index (χ0) is 19.5. The predicted molar refractivity (Wildman–Crippen MR) is 103 cm³/mol. The molecule has 0 bridgehead atoms. The van der Waals surface area contributed by atoms with Crippen LogP contribution in [0.15, 0.2) is 12.1 Å². The lowest BCUT2D eigenvalue weighted by Crippen LogP contribution is -2.42. The van der Waals surface area contributed by atoms with Gasteiger partial charge >= 0.3 is 0 Å². The van der Waals surface area contributed by atoms with Crippen LogP contribution in [0, 0.1) is 19.3 Å². The second-order valence-corrected chi connectivity index (χ2v) is 8.23. The highest BCUT2D eigenvalue weighted by atomic mass is 16.5. The molecular weight excluding hydrogens is 328 g/mol. The van der Waals surface area contributed by atoms with Crippen molar-refractivity contribution < 1.29 is 14.3 Å². The van der Waals surface area contributed by atoms with E-state index in [0.717, 1.165) is 28.9 Å². The lowest BCUT2D eigenvalue weighted by Gasteiger charge is -2.28. The number of methoxy groups -OCH3 is 1. The molecule has 1 aromatic carbocycles. The van der Waals surface area contributed by atoms with Crippen LogP contribution in [-0.4, -0.2) is 54.9 Å². The van der Waals surface area contributed by atoms with E-state index in [4.69, 9.17) is 4.74 Å². The Morgan fingerprint density at radius 3 is 2.27 bits per heavy atom. The summed E-state index contributed by atoms with van der Waals surface area (Å²) in [5.74, 6) is 1.05. The zero-order valence-electron chi connectivity index (χ0n) is 17.0. The minimum atomic E-state index is -0.383. The number of hydrogen-bond donors (Lipinski definition) is 0. The quantitative estimate of drug-likeness (QED) is 0.833. The van der Waals surface area contributed by atoms with Crippen molar-refractivity contribution in [3.63, 3.8) is 0 Å². The molecule has 1 aliphatic rings. The molecule has 0 spiro atoms. The number of nitrogens with zero attached hydrogens (tertiary/aromatic N) is 2. The summed E-state index contributed by atoms with van der Waals surface area (Å²) in [6, 6.07) is 4.09. The van der Waals surface area contributed by atoms with E-state index >= 15 is 0 Å². The standard InChI is InChI=1S/C21H32N2O3/c1-15-12-16(2)19(26-6)17(13-15)14-18(24)22-8-7-9-23(11-10-22)20(25)21(3,4)5/h12-13H,7-11,14H2,1-6H3. The molecule has 0 saturated carbocycles. The van der Waals surface area contributed by atoms with Gasteiger partial charge in [-0.1, -0.05) is 38.5 Å². The van der Waals surface area contributed by atoms with E-state index in [9.17, 15) is 9.59 Å². The van der Waals surface area contributed by atoms with Crippen molar-refractivity contribution in [1.82, 2.24) is 9.80 Å². The molecule has 0 N–H and O–H groups in total. The Kier molecular flexibility index (Phi) is 6.32. The molecule has 0 atom stereocenters. The van der Waals surface area contributed by atoms with E-state index in [-0.39, 0.29) is 17.2 Å². The van der Waals surface area contributed by atoms with Gasteiger partial charge in [-0.15, -0.1) is 0 Å². The van der Waals surface area contributed by atoms with Gasteiger partial charge in [0.25, 0.3) is 0 Å². The minimum Gasteiger partial charge on any atom is -0.496 e. The summed E-state index contributed by atoms with van der Waals surface area (Å²) < 4.78 is 5.51. The Bertz CT molecular complexity index is 677. The molecule has 1 aliphatic heterocycles. The molecule has 1 heterocycles. The highest BCUT2D eigenvalue weighted by Crippen LogP contribution is 2.26. The molecule has 0 aromatic heterocycles. The zero-order valence-corrected chi connectivity index (χ0v) is 17.0. The Labute approximate surface area is 157 Å². The maximum absolute atomic E-state index is 12.9. The largest absolute Gasteiger partial charge is 0.496 e. The van der Waals surface area contributed by atoms with Gasteiger partial charge in [-0.2, -0.15) is 0 Å². The van der Waals surface area contributed by atoms with Crippen molar-refractivity contribution >= 4 is 11.8 Å². The van der Waals surface area contributed by atoms with E-state index in [2.05, 4.69) is 6.07 Å². The van der Waals surface area contributed by atoms with Crippen LogP contribution in [0.4, 0.5) is 0 Å². The first-order valence-corrected chi connectivity index (χ1v) is 9.34. The van der Waals surface area contributed by atoms with E-state index in [1.54, 1.807) is 7.11 Å². The molecule has 0 radical (unpaired) electrons. The van der Waals surface area contributed by atoms with Gasteiger partial charge in [-0.25, -0.2) is 0 Å². The Hall–Kier alpha value is -2.04. The van der Waals surface area contributed by atoms with Crippen molar-refractivity contribution in [2.24, 2.45) is 5.41 Å². The fourth-order valence-corrected chi connectivity index (χ4v) is 3.58. The van der Waals surface area contributed by atoms with Crippen molar-refractivity contribution in [2.45, 2.75) is 47.5 Å². The number of amides is 2. The maximum Gasteiger partial charge on any atom is 0.228 e. The molecule has 0 unspecified atom stereocenters. The van der Waals surface area contributed by atoms with E-state index in [1.807, 2.05) is 50.5 Å². The van der Waals surface area contributed by atoms with Crippen LogP contribution in [0.2, 0.25) is 0 Å². The summed E-state index contributed by atoms with van der Waals surface area (Å²) in [7, 11) is 1.65. The summed E-state index contributed by atoms with van der Waals surface area (Å²) in [5.41, 5.74) is 2.73. The summed E-state index contributed by atoms with van der Waals surface area (Å²) in [6.07, 6.45) is 1.15. The highest BCUT2D eigenvalue weighted by Gasteiger charge is 2.29. The lowest BCUT2D eigenvalue weighted by atomic mass is 9.94. The van der Waals surface area contributed by atoms with E-state index in [1.165, 1.54) is 0 Å². The second-order valence-electron chi connectivity index (χ2n) is 8.23. The first kappa shape index (κ1) is 20.3. The van der Waals surface area contributed by atoms with Crippen LogP contribution in [0.25, 0.3) is 0 Å². The van der Waals surface area contributed by atoms with Crippen molar-refractivity contribution in [2.75, 3.05) is 33.3 Å². The molecule has 0 aliphatic carbocycles. The molecule has 2 amide bonds. The maximum atomic E-state index is 12.9. The van der Waals surface area contributed by atoms with Gasteiger partial charge in [0, 0.05) is 37.2 Å². The van der Waals surface area contributed by atoms with Crippen LogP contribution < -0.4 is 4.74 Å². The summed E-state index contributed by atoms with van der Waals surface area (Å²) in [4.78, 5) is 29.1. The van der Waals surface area contributed by atoms with Gasteiger partial charge in [0.2, 0.25) is 11.8 Å². The molecular formula is C21H32N2O3. The first-order valence-electron chi connectivity index (χ1n) is 9.34. The Balaban J connectivity index is 2.06. The Morgan fingerprint density at radius 2 is 1.65 bits per heavy atom. The average molecular weight is 360 g/mol. The topological polar surface area (TPSA) is 49.9 Å². The molecule has 1 saturated heterocycles. The highest BCUT2D eigenvalue weighted by molar-refractivity contribution is 5.82. The van der Waals surface area contributed by atoms with Gasteiger partial charge in [0.15, 0.2) is 0 Å². The normalized spacial score (nSPS) is 15.6. The van der Waals surface area contributed by atoms with Gasteiger partial charge in [-0.3, -0.25) is 9.59 Å². The number of carbonyl (C=O) groups is 2. The number of ether oxygens (including phenoxy) is 1. The molecule has 2 rings (SSSR count). The van der Waals surface area contributed by atoms with Gasteiger partial charge < -0.3 is 14.5 Å². The fourth-order valence-electron chi connectivity index (χ4n) is 3.58. The minimum absolute atomic E-state index is 0.0957. The fraction of sp³-hybridized carbons (Fsp3) is 0.619. The third-order valence-electron chi connectivity index (χ3n) is 4.82. The Morgan fingerprint density at radius 1 is 1.04 bits per heavy atom. The monoisotopic (exact) mass is 360 g/mol. The second kappa shape index (κ2) is 8.11. The first-order chi connectivity index (χ1) is 12.1. The van der Waals surface area contributed by atoms with Crippen molar-refractivity contribution in [3.8, 4) is 5.75 Å². The molecule has 144 valence electrons. The molecule has 1 fully saturated rings. The van der Waals surface area contributed by atoms with Crippen molar-refractivity contribution in [1.29, 1.82) is 0 Å². The van der Waals surface area contributed by atoms with Gasteiger partial charge in [0.1, 0.15) is 5.75 Å². The smallest absolute Gasteiger partial charge is 0.228 e. The average Bonchev–Trinajstić information content (AvgIpc) is 2.78. The van der Waals surface area contributed by atoms with E-state index < -0.39 is 0 Å². The number of rotatable bonds is 3. The van der Waals surface area contributed by atoms with Crippen LogP contribution >= 0.6 is 0 Å². The van der Waals surface area contributed by atoms with E-state index in [0.29, 0.717) is 32.6 Å². The SMILES string of the molecule is COc1c(C)cc(C)cc1CC(=O)N1CCCN(C(=O)C(C)(C)C)CC1. The number of aryl methyl sites for hydroxylation is 2. The predicted octanol–water partition coefficient (Wildman–Crippen LogP) is 2.96. The van der Waals surface area contributed by atoms with Crippen LogP contribution in [0.5, 0.6) is 5.75 Å². The summed E-state index contributed by atoms with van der Waals surface area (Å²) in [6.45, 7) is 12.5. The lowest BCUT2D eigenvalue weighted by molar-refractivity contribution is -0.139.